The first-order valence-corrected chi connectivity index (χ1v) is 11.5. The lowest BCUT2D eigenvalue weighted by atomic mass is 9.68. The van der Waals surface area contributed by atoms with E-state index in [1.165, 1.54) is 17.0 Å². The van der Waals surface area contributed by atoms with Crippen LogP contribution in [0.4, 0.5) is 18.9 Å². The van der Waals surface area contributed by atoms with E-state index in [9.17, 15) is 23.2 Å². The van der Waals surface area contributed by atoms with E-state index >= 15 is 0 Å². The molecule has 1 heterocycles. The van der Waals surface area contributed by atoms with Crippen molar-refractivity contribution in [1.82, 2.24) is 0 Å². The maximum absolute atomic E-state index is 14.1. The first kappa shape index (κ1) is 24.9. The summed E-state index contributed by atoms with van der Waals surface area (Å²) in [4.78, 5) is 14.8. The molecule has 0 amide bonds. The van der Waals surface area contributed by atoms with Crippen molar-refractivity contribution in [2.75, 3.05) is 4.90 Å². The molecule has 2 N–H and O–H groups in total. The molecular formula is C27H25ClF3N3O. The summed E-state index contributed by atoms with van der Waals surface area (Å²) in [5, 5.41) is 10.1. The minimum Gasteiger partial charge on any atom is -0.384 e. The average molecular weight is 500 g/mol. The van der Waals surface area contributed by atoms with E-state index in [0.717, 1.165) is 22.8 Å². The van der Waals surface area contributed by atoms with Crippen LogP contribution in [0.15, 0.2) is 59.1 Å². The van der Waals surface area contributed by atoms with Crippen LogP contribution in [-0.4, -0.2) is 5.78 Å². The molecule has 0 saturated carbocycles. The summed E-state index contributed by atoms with van der Waals surface area (Å²) < 4.78 is 42.3. The van der Waals surface area contributed by atoms with Gasteiger partial charge in [0.25, 0.3) is 0 Å². The zero-order valence-electron chi connectivity index (χ0n) is 19.8. The first-order valence-electron chi connectivity index (χ1n) is 11.1. The van der Waals surface area contributed by atoms with E-state index < -0.39 is 23.1 Å². The number of rotatable bonds is 2. The SMILES string of the molecule is Cc1ccc(C)c(C2C(C#N)=C(N)N(c3ccc(Cl)cc3C(F)(F)F)C3=C2C(=O)CC(C)(C)C3)c1. The Balaban J connectivity index is 2.09. The normalized spacial score (nSPS) is 20.1. The maximum Gasteiger partial charge on any atom is 0.418 e. The summed E-state index contributed by atoms with van der Waals surface area (Å²) in [6.07, 6.45) is -4.20. The van der Waals surface area contributed by atoms with Gasteiger partial charge in [0.05, 0.1) is 28.8 Å². The predicted molar refractivity (Wildman–Crippen MR) is 129 cm³/mol. The van der Waals surface area contributed by atoms with E-state index in [1.807, 2.05) is 45.9 Å². The Bertz CT molecular complexity index is 1350. The molecule has 0 fully saturated rings. The average Bonchev–Trinajstić information content (AvgIpc) is 2.74. The van der Waals surface area contributed by atoms with Crippen molar-refractivity contribution >= 4 is 23.1 Å². The largest absolute Gasteiger partial charge is 0.418 e. The zero-order valence-corrected chi connectivity index (χ0v) is 20.6. The van der Waals surface area contributed by atoms with Gasteiger partial charge in [-0.05, 0) is 55.0 Å². The van der Waals surface area contributed by atoms with Crippen LogP contribution in [0.1, 0.15) is 54.9 Å². The number of hydrogen-bond donors (Lipinski definition) is 1. The minimum atomic E-state index is -4.73. The molecule has 2 aliphatic rings. The van der Waals surface area contributed by atoms with Gasteiger partial charge < -0.3 is 5.73 Å². The lowest BCUT2D eigenvalue weighted by Crippen LogP contribution is -2.42. The highest BCUT2D eigenvalue weighted by Gasteiger charge is 2.46. The van der Waals surface area contributed by atoms with Crippen LogP contribution in [0.5, 0.6) is 0 Å². The molecule has 1 aliphatic carbocycles. The molecule has 182 valence electrons. The fourth-order valence-electron chi connectivity index (χ4n) is 5.10. The maximum atomic E-state index is 14.1. The molecule has 0 spiro atoms. The third kappa shape index (κ3) is 4.32. The number of aryl methyl sites for hydroxylation is 2. The van der Waals surface area contributed by atoms with Crippen molar-refractivity contribution < 1.29 is 18.0 Å². The van der Waals surface area contributed by atoms with Crippen LogP contribution in [0.25, 0.3) is 0 Å². The second kappa shape index (κ2) is 8.46. The summed E-state index contributed by atoms with van der Waals surface area (Å²) in [6.45, 7) is 7.57. The smallest absolute Gasteiger partial charge is 0.384 e. The number of nitrogens with zero attached hydrogens (tertiary/aromatic N) is 2. The highest BCUT2D eigenvalue weighted by Crippen LogP contribution is 2.52. The number of nitriles is 1. The molecule has 2 aromatic carbocycles. The number of allylic oxidation sites excluding steroid dienone is 3. The lowest BCUT2D eigenvalue weighted by Gasteiger charge is -2.44. The summed E-state index contributed by atoms with van der Waals surface area (Å²) in [7, 11) is 0. The first-order chi connectivity index (χ1) is 16.2. The molecule has 0 saturated heterocycles. The molecule has 1 aliphatic heterocycles. The second-order valence-electron chi connectivity index (χ2n) is 10.00. The number of ketones is 1. The van der Waals surface area contributed by atoms with E-state index in [0.29, 0.717) is 17.7 Å². The molecule has 35 heavy (non-hydrogen) atoms. The fourth-order valence-corrected chi connectivity index (χ4v) is 5.27. The number of hydrogen-bond acceptors (Lipinski definition) is 4. The number of carbonyl (C=O) groups is 1. The van der Waals surface area contributed by atoms with Gasteiger partial charge in [-0.2, -0.15) is 18.4 Å². The van der Waals surface area contributed by atoms with Gasteiger partial charge in [-0.1, -0.05) is 49.2 Å². The van der Waals surface area contributed by atoms with E-state index in [1.54, 1.807) is 0 Å². The third-order valence-corrected chi connectivity index (χ3v) is 6.87. The molecule has 0 bridgehead atoms. The number of carbonyl (C=O) groups excluding carboxylic acids is 1. The van der Waals surface area contributed by atoms with Crippen LogP contribution in [-0.2, 0) is 11.0 Å². The molecule has 2 aromatic rings. The highest BCUT2D eigenvalue weighted by molar-refractivity contribution is 6.30. The van der Waals surface area contributed by atoms with Crippen molar-refractivity contribution in [3.63, 3.8) is 0 Å². The van der Waals surface area contributed by atoms with Crippen molar-refractivity contribution in [1.29, 1.82) is 5.26 Å². The molecule has 8 heteroatoms. The summed E-state index contributed by atoms with van der Waals surface area (Å²) >= 11 is 5.92. The molecule has 4 nitrogen and oxygen atoms in total. The van der Waals surface area contributed by atoms with Gasteiger partial charge in [-0.15, -0.1) is 0 Å². The predicted octanol–water partition coefficient (Wildman–Crippen LogP) is 6.92. The number of alkyl halides is 3. The Hall–Kier alpha value is -3.24. The van der Waals surface area contributed by atoms with Gasteiger partial charge >= 0.3 is 6.18 Å². The summed E-state index contributed by atoms with van der Waals surface area (Å²) in [5.74, 6) is -1.07. The zero-order chi connectivity index (χ0) is 25.9. The van der Waals surface area contributed by atoms with E-state index in [-0.39, 0.29) is 34.3 Å². The van der Waals surface area contributed by atoms with Crippen LogP contribution in [0, 0.1) is 30.6 Å². The van der Waals surface area contributed by atoms with Gasteiger partial charge in [0.1, 0.15) is 5.82 Å². The van der Waals surface area contributed by atoms with Gasteiger partial charge in [-0.3, -0.25) is 9.69 Å². The van der Waals surface area contributed by atoms with Crippen molar-refractivity contribution in [2.45, 2.75) is 52.6 Å². The molecule has 1 atom stereocenters. The molecule has 0 radical (unpaired) electrons. The van der Waals surface area contributed by atoms with Crippen LogP contribution in [0.2, 0.25) is 5.02 Å². The Morgan fingerprint density at radius 3 is 2.46 bits per heavy atom. The van der Waals surface area contributed by atoms with Gasteiger partial charge in [0, 0.05) is 22.7 Å². The number of halogens is 4. The molecule has 0 aromatic heterocycles. The monoisotopic (exact) mass is 499 g/mol. The molecular weight excluding hydrogens is 475 g/mol. The lowest BCUT2D eigenvalue weighted by molar-refractivity contribution is -0.137. The van der Waals surface area contributed by atoms with Crippen LogP contribution >= 0.6 is 11.6 Å². The summed E-state index contributed by atoms with van der Waals surface area (Å²) in [5.41, 5.74) is 8.07. The quantitative estimate of drug-likeness (QED) is 0.487. The third-order valence-electron chi connectivity index (χ3n) is 6.63. The minimum absolute atomic E-state index is 0.0496. The standard InChI is InChI=1S/C27H25ClF3N3O/c1-14-5-6-15(2)17(9-14)23-18(13-32)25(33)34(21-11-26(3,4)12-22(35)24(21)23)20-8-7-16(28)10-19(20)27(29,30)31/h5-10,23H,11-12,33H2,1-4H3. The Labute approximate surface area is 207 Å². The van der Waals surface area contributed by atoms with E-state index in [4.69, 9.17) is 17.3 Å². The fraction of sp³-hybridized carbons (Fsp3) is 0.333. The van der Waals surface area contributed by atoms with Gasteiger partial charge in [0.15, 0.2) is 5.78 Å². The molecule has 4 rings (SSSR count). The van der Waals surface area contributed by atoms with E-state index in [2.05, 4.69) is 6.07 Å². The van der Waals surface area contributed by atoms with Crippen LogP contribution in [0.3, 0.4) is 0 Å². The topological polar surface area (TPSA) is 70.1 Å². The second-order valence-corrected chi connectivity index (χ2v) is 10.4. The van der Waals surface area contributed by atoms with Crippen molar-refractivity contribution in [3.8, 4) is 6.07 Å². The highest BCUT2D eigenvalue weighted by atomic mass is 35.5. The number of benzene rings is 2. The Morgan fingerprint density at radius 1 is 1.14 bits per heavy atom. The summed E-state index contributed by atoms with van der Waals surface area (Å²) in [6, 6.07) is 11.3. The van der Waals surface area contributed by atoms with Crippen molar-refractivity contribution in [3.05, 3.63) is 86.3 Å². The Morgan fingerprint density at radius 2 is 1.83 bits per heavy atom. The number of nitrogens with two attached hydrogens (primary N) is 1. The van der Waals surface area contributed by atoms with Gasteiger partial charge in [-0.25, -0.2) is 0 Å². The van der Waals surface area contributed by atoms with Gasteiger partial charge in [0.2, 0.25) is 0 Å². The molecule has 1 unspecified atom stereocenters. The van der Waals surface area contributed by atoms with Crippen LogP contribution < -0.4 is 10.6 Å². The Kier molecular flexibility index (Phi) is 6.01. The number of anilines is 1. The number of Topliss-reactive ketones (excluding diaryl/α,β-unsaturated/α-hetero) is 1. The van der Waals surface area contributed by atoms with Crippen molar-refractivity contribution in [2.24, 2.45) is 11.1 Å².